The number of anilines is 1. The molecule has 0 aliphatic rings. The van der Waals surface area contributed by atoms with Crippen molar-refractivity contribution < 1.29 is 4.39 Å². The minimum atomic E-state index is -0.349. The molecule has 0 amide bonds. The van der Waals surface area contributed by atoms with E-state index < -0.39 is 0 Å². The second kappa shape index (κ2) is 7.06. The van der Waals surface area contributed by atoms with Crippen LogP contribution >= 0.6 is 0 Å². The number of rotatable bonds is 5. The topological polar surface area (TPSA) is 86.0 Å². The van der Waals surface area contributed by atoms with E-state index in [0.717, 1.165) is 11.3 Å². The maximum Gasteiger partial charge on any atom is 0.138 e. The van der Waals surface area contributed by atoms with E-state index in [4.69, 9.17) is 11.6 Å². The number of nitrogens with two attached hydrogens (primary N) is 2. The minimum absolute atomic E-state index is 0.349. The number of aryl methyl sites for hydroxylation is 1. The Balaban J connectivity index is 2.36. The maximum absolute atomic E-state index is 13.6. The van der Waals surface area contributed by atoms with E-state index in [1.54, 1.807) is 24.0 Å². The first-order chi connectivity index (χ1) is 10.9. The number of hydrazine groups is 1. The third-order valence-electron chi connectivity index (χ3n) is 3.57. The van der Waals surface area contributed by atoms with Gasteiger partial charge in [0.25, 0.3) is 0 Å². The fourth-order valence-electron chi connectivity index (χ4n) is 2.25. The van der Waals surface area contributed by atoms with E-state index in [9.17, 15) is 4.39 Å². The molecule has 0 atom stereocenters. The molecule has 7 heteroatoms. The molecule has 2 aromatic rings. The van der Waals surface area contributed by atoms with Gasteiger partial charge in [-0.25, -0.2) is 19.9 Å². The predicted octanol–water partition coefficient (Wildman–Crippen LogP) is 2.55. The van der Waals surface area contributed by atoms with Crippen LogP contribution in [0.4, 0.5) is 10.1 Å². The lowest BCUT2D eigenvalue weighted by Crippen LogP contribution is -2.33. The van der Waals surface area contributed by atoms with Crippen molar-refractivity contribution in [3.63, 3.8) is 0 Å². The molecule has 0 saturated heterocycles. The van der Waals surface area contributed by atoms with E-state index in [2.05, 4.69) is 10.1 Å². The van der Waals surface area contributed by atoms with Gasteiger partial charge in [0.05, 0.1) is 11.4 Å². The van der Waals surface area contributed by atoms with Crippen molar-refractivity contribution >= 4 is 11.4 Å². The van der Waals surface area contributed by atoms with Crippen LogP contribution in [0.5, 0.6) is 0 Å². The van der Waals surface area contributed by atoms with Crippen LogP contribution in [0.25, 0.3) is 5.70 Å². The summed E-state index contributed by atoms with van der Waals surface area (Å²) in [5, 5.41) is 5.54. The number of halogens is 1. The van der Waals surface area contributed by atoms with Crippen molar-refractivity contribution in [2.24, 2.45) is 11.6 Å². The van der Waals surface area contributed by atoms with E-state index in [1.807, 2.05) is 19.9 Å². The summed E-state index contributed by atoms with van der Waals surface area (Å²) in [6.07, 6.45) is 5.41. The lowest BCUT2D eigenvalue weighted by Gasteiger charge is -2.26. The normalized spacial score (nSPS) is 13.0. The largest absolute Gasteiger partial charge is 0.401 e. The Labute approximate surface area is 134 Å². The van der Waals surface area contributed by atoms with Crippen LogP contribution in [-0.2, 0) is 0 Å². The third-order valence-corrected chi connectivity index (χ3v) is 3.57. The molecule has 122 valence electrons. The number of hydrogen-bond acceptors (Lipinski definition) is 5. The fourth-order valence-corrected chi connectivity index (χ4v) is 2.25. The van der Waals surface area contributed by atoms with Crippen LogP contribution in [0.15, 0.2) is 48.3 Å². The van der Waals surface area contributed by atoms with Crippen LogP contribution < -0.4 is 16.6 Å². The first-order valence-corrected chi connectivity index (χ1v) is 7.20. The van der Waals surface area contributed by atoms with Crippen molar-refractivity contribution in [1.29, 1.82) is 0 Å². The van der Waals surface area contributed by atoms with E-state index in [0.29, 0.717) is 23.5 Å². The molecule has 1 aromatic carbocycles. The smallest absolute Gasteiger partial charge is 0.138 e. The number of benzene rings is 1. The lowest BCUT2D eigenvalue weighted by atomic mass is 10.1. The third kappa shape index (κ3) is 3.75. The Morgan fingerprint density at radius 2 is 2.17 bits per heavy atom. The molecular formula is C16H21FN6. The second-order valence-corrected chi connectivity index (χ2v) is 5.23. The molecule has 1 aromatic heterocycles. The van der Waals surface area contributed by atoms with Crippen LogP contribution in [0, 0.1) is 12.7 Å². The Kier molecular flexibility index (Phi) is 5.13. The molecular weight excluding hydrogens is 295 g/mol. The van der Waals surface area contributed by atoms with Crippen LogP contribution in [0.1, 0.15) is 25.8 Å². The quantitative estimate of drug-likeness (QED) is 0.654. The molecule has 0 spiro atoms. The van der Waals surface area contributed by atoms with Gasteiger partial charge in [-0.3, -0.25) is 5.01 Å². The average molecular weight is 316 g/mol. The van der Waals surface area contributed by atoms with Crippen LogP contribution in [-0.4, -0.2) is 14.8 Å². The Hall–Kier alpha value is -2.67. The molecule has 1 heterocycles. The predicted molar refractivity (Wildman–Crippen MR) is 89.3 cm³/mol. The summed E-state index contributed by atoms with van der Waals surface area (Å²) in [6, 6.07) is 4.48. The minimum Gasteiger partial charge on any atom is -0.401 e. The average Bonchev–Trinajstić information content (AvgIpc) is 3.04. The van der Waals surface area contributed by atoms with Crippen LogP contribution in [0.3, 0.4) is 0 Å². The number of nitrogens with zero attached hydrogens (tertiary/aromatic N) is 4. The van der Waals surface area contributed by atoms with Crippen molar-refractivity contribution in [3.8, 4) is 0 Å². The molecule has 4 N–H and O–H groups in total. The summed E-state index contributed by atoms with van der Waals surface area (Å²) in [4.78, 5) is 3.94. The Morgan fingerprint density at radius 1 is 1.43 bits per heavy atom. The maximum atomic E-state index is 13.6. The zero-order chi connectivity index (χ0) is 17.0. The molecule has 0 aliphatic carbocycles. The van der Waals surface area contributed by atoms with Gasteiger partial charge < -0.3 is 5.73 Å². The summed E-state index contributed by atoms with van der Waals surface area (Å²) < 4.78 is 15.2. The summed E-state index contributed by atoms with van der Waals surface area (Å²) in [5.41, 5.74) is 9.52. The Bertz CT molecular complexity index is 729. The summed E-state index contributed by atoms with van der Waals surface area (Å²) in [7, 11) is 0. The van der Waals surface area contributed by atoms with Crippen LogP contribution in [0.2, 0.25) is 0 Å². The molecule has 6 nitrogen and oxygen atoms in total. The van der Waals surface area contributed by atoms with Gasteiger partial charge in [0.2, 0.25) is 0 Å². The van der Waals surface area contributed by atoms with Crippen molar-refractivity contribution in [2.45, 2.75) is 27.2 Å². The molecule has 0 fully saturated rings. The van der Waals surface area contributed by atoms with E-state index in [1.165, 1.54) is 23.5 Å². The van der Waals surface area contributed by atoms with Gasteiger partial charge in [0, 0.05) is 17.8 Å². The zero-order valence-electron chi connectivity index (χ0n) is 13.5. The SMILES string of the molecule is C/C=C(/C/C(=C(\C)N)N(N)c1cc(F)ccc1C)n1cncn1. The standard InChI is InChI=1S/C16H21FN6/c1-4-14(22-10-20-9-21-22)8-16(12(3)18)23(19)15-7-13(17)6-5-11(15)2/h4-7,9-10H,8,18-19H2,1-3H3/b14-4-,16-12-. The lowest BCUT2D eigenvalue weighted by molar-refractivity contribution is 0.626. The molecule has 0 bridgehead atoms. The number of hydrogen-bond donors (Lipinski definition) is 2. The van der Waals surface area contributed by atoms with Gasteiger partial charge in [-0.2, -0.15) is 5.10 Å². The highest BCUT2D eigenvalue weighted by atomic mass is 19.1. The molecule has 0 unspecified atom stereocenters. The van der Waals surface area contributed by atoms with Crippen molar-refractivity contribution in [1.82, 2.24) is 14.8 Å². The van der Waals surface area contributed by atoms with Gasteiger partial charge in [0.1, 0.15) is 18.5 Å². The summed E-state index contributed by atoms with van der Waals surface area (Å²) in [6.45, 7) is 5.53. The van der Waals surface area contributed by atoms with Gasteiger partial charge in [-0.15, -0.1) is 0 Å². The number of aromatic nitrogens is 3. The molecule has 0 aliphatic heterocycles. The van der Waals surface area contributed by atoms with Gasteiger partial charge >= 0.3 is 0 Å². The first kappa shape index (κ1) is 16.7. The first-order valence-electron chi connectivity index (χ1n) is 7.20. The zero-order valence-corrected chi connectivity index (χ0v) is 13.5. The monoisotopic (exact) mass is 316 g/mol. The highest BCUT2D eigenvalue weighted by Gasteiger charge is 2.16. The van der Waals surface area contributed by atoms with Gasteiger partial charge in [0.15, 0.2) is 0 Å². The van der Waals surface area contributed by atoms with E-state index in [-0.39, 0.29) is 5.82 Å². The highest BCUT2D eigenvalue weighted by Crippen LogP contribution is 2.26. The number of allylic oxidation sites excluding steroid dienone is 3. The van der Waals surface area contributed by atoms with E-state index >= 15 is 0 Å². The fraction of sp³-hybridized carbons (Fsp3) is 0.250. The summed E-state index contributed by atoms with van der Waals surface area (Å²) >= 11 is 0. The molecule has 23 heavy (non-hydrogen) atoms. The van der Waals surface area contributed by atoms with Crippen molar-refractivity contribution in [2.75, 3.05) is 5.01 Å². The molecule has 2 rings (SSSR count). The Morgan fingerprint density at radius 3 is 2.74 bits per heavy atom. The molecule has 0 radical (unpaired) electrons. The summed E-state index contributed by atoms with van der Waals surface area (Å²) in [5.74, 6) is 5.87. The van der Waals surface area contributed by atoms with Gasteiger partial charge in [-0.1, -0.05) is 12.1 Å². The van der Waals surface area contributed by atoms with Gasteiger partial charge in [-0.05, 0) is 38.5 Å². The highest BCUT2D eigenvalue weighted by molar-refractivity contribution is 5.60. The second-order valence-electron chi connectivity index (χ2n) is 5.23. The molecule has 0 saturated carbocycles. The van der Waals surface area contributed by atoms with Crippen molar-refractivity contribution in [3.05, 3.63) is 59.7 Å².